The lowest BCUT2D eigenvalue weighted by Gasteiger charge is -2.10. The summed E-state index contributed by atoms with van der Waals surface area (Å²) in [6, 6.07) is 3.51. The molecule has 0 aliphatic heterocycles. The molecule has 3 nitrogen and oxygen atoms in total. The molecular formula is C14H14BrF2N3. The van der Waals surface area contributed by atoms with Crippen LogP contribution in [0.1, 0.15) is 24.0 Å². The van der Waals surface area contributed by atoms with Gasteiger partial charge >= 0.3 is 0 Å². The molecule has 0 saturated carbocycles. The molecule has 0 aliphatic rings. The first-order chi connectivity index (χ1) is 9.51. The molecule has 0 unspecified atom stereocenters. The van der Waals surface area contributed by atoms with Crippen LogP contribution in [-0.4, -0.2) is 16.5 Å². The van der Waals surface area contributed by atoms with E-state index in [1.54, 1.807) is 0 Å². The quantitative estimate of drug-likeness (QED) is 0.917. The Morgan fingerprint density at radius 3 is 2.65 bits per heavy atom. The van der Waals surface area contributed by atoms with Crippen LogP contribution >= 0.6 is 15.9 Å². The molecule has 6 heteroatoms. The fraction of sp³-hybridized carbons (Fsp3) is 0.286. The molecule has 20 heavy (non-hydrogen) atoms. The van der Waals surface area contributed by atoms with Gasteiger partial charge in [0.15, 0.2) is 0 Å². The fourth-order valence-corrected chi connectivity index (χ4v) is 2.13. The number of nitrogens with zero attached hydrogens (tertiary/aromatic N) is 2. The van der Waals surface area contributed by atoms with Gasteiger partial charge in [0.25, 0.3) is 0 Å². The lowest BCUT2D eigenvalue weighted by Crippen LogP contribution is -2.07. The first-order valence-corrected chi connectivity index (χ1v) is 7.01. The second kappa shape index (κ2) is 6.26. The molecule has 1 aromatic carbocycles. The summed E-state index contributed by atoms with van der Waals surface area (Å²) in [5.41, 5.74) is 1.14. The summed E-state index contributed by atoms with van der Waals surface area (Å²) in [4.78, 5) is 8.67. The van der Waals surface area contributed by atoms with E-state index in [0.29, 0.717) is 17.2 Å². The number of hydrogen-bond donors (Lipinski definition) is 1. The van der Waals surface area contributed by atoms with Crippen LogP contribution in [0.4, 0.5) is 14.6 Å². The Labute approximate surface area is 124 Å². The van der Waals surface area contributed by atoms with Crippen LogP contribution in [0.15, 0.2) is 22.7 Å². The summed E-state index contributed by atoms with van der Waals surface area (Å²) in [6.45, 7) is 4.53. The minimum absolute atomic E-state index is 0.221. The molecule has 2 aromatic rings. The van der Waals surface area contributed by atoms with Gasteiger partial charge in [0.05, 0.1) is 10.2 Å². The molecule has 2 rings (SSSR count). The second-order valence-electron chi connectivity index (χ2n) is 4.33. The highest BCUT2D eigenvalue weighted by Crippen LogP contribution is 2.24. The first kappa shape index (κ1) is 14.8. The third-order valence-corrected chi connectivity index (χ3v) is 3.72. The average molecular weight is 342 g/mol. The molecule has 0 bridgehead atoms. The predicted molar refractivity (Wildman–Crippen MR) is 77.8 cm³/mol. The number of halogens is 3. The van der Waals surface area contributed by atoms with Crippen molar-refractivity contribution in [2.75, 3.05) is 11.9 Å². The van der Waals surface area contributed by atoms with Gasteiger partial charge in [0, 0.05) is 19.0 Å². The van der Waals surface area contributed by atoms with Gasteiger partial charge in [0.2, 0.25) is 0 Å². The molecular weight excluding hydrogens is 328 g/mol. The molecule has 0 atom stereocenters. The van der Waals surface area contributed by atoms with Gasteiger partial charge in [-0.3, -0.25) is 0 Å². The van der Waals surface area contributed by atoms with Gasteiger partial charge in [0.1, 0.15) is 23.3 Å². The maximum Gasteiger partial charge on any atom is 0.144 e. The molecule has 0 radical (unpaired) electrons. The number of benzene rings is 1. The van der Waals surface area contributed by atoms with E-state index >= 15 is 0 Å². The van der Waals surface area contributed by atoms with Crippen molar-refractivity contribution in [1.82, 2.24) is 9.97 Å². The van der Waals surface area contributed by atoms with Crippen molar-refractivity contribution in [1.29, 1.82) is 0 Å². The van der Waals surface area contributed by atoms with E-state index in [0.717, 1.165) is 22.8 Å². The summed E-state index contributed by atoms with van der Waals surface area (Å²) in [6.07, 6.45) is 0.221. The van der Waals surface area contributed by atoms with Crippen molar-refractivity contribution in [2.45, 2.75) is 20.3 Å². The number of anilines is 1. The highest BCUT2D eigenvalue weighted by atomic mass is 79.9. The smallest absolute Gasteiger partial charge is 0.144 e. The van der Waals surface area contributed by atoms with Crippen molar-refractivity contribution >= 4 is 21.7 Å². The Hall–Kier alpha value is -1.56. The summed E-state index contributed by atoms with van der Waals surface area (Å²) in [7, 11) is 0. The predicted octanol–water partition coefficient (Wildman–Crippen LogP) is 3.85. The number of aromatic nitrogens is 2. The number of nitrogens with one attached hydrogen (secondary N) is 1. The zero-order valence-corrected chi connectivity index (χ0v) is 12.8. The van der Waals surface area contributed by atoms with E-state index in [1.165, 1.54) is 12.1 Å². The number of hydrogen-bond acceptors (Lipinski definition) is 3. The lowest BCUT2D eigenvalue weighted by atomic mass is 10.1. The Morgan fingerprint density at radius 1 is 1.25 bits per heavy atom. The molecule has 0 fully saturated rings. The Balaban J connectivity index is 2.33. The van der Waals surface area contributed by atoms with E-state index in [2.05, 4.69) is 31.2 Å². The van der Waals surface area contributed by atoms with E-state index < -0.39 is 11.6 Å². The van der Waals surface area contributed by atoms with Gasteiger partial charge in [-0.05, 0) is 41.4 Å². The van der Waals surface area contributed by atoms with Crippen LogP contribution < -0.4 is 5.32 Å². The van der Waals surface area contributed by atoms with E-state index in [1.807, 2.05) is 13.8 Å². The molecule has 0 saturated heterocycles. The molecule has 106 valence electrons. The van der Waals surface area contributed by atoms with Crippen LogP contribution in [0.5, 0.6) is 0 Å². The minimum atomic E-state index is -0.590. The second-order valence-corrected chi connectivity index (χ2v) is 5.12. The van der Waals surface area contributed by atoms with Gasteiger partial charge in [-0.15, -0.1) is 0 Å². The maximum absolute atomic E-state index is 13.6. The molecule has 0 spiro atoms. The standard InChI is InChI=1S/C14H14BrF2N3/c1-3-18-14-13(15)8(2)19-12(20-14)6-9-4-5-10(16)7-11(9)17/h4-5,7H,3,6H2,1-2H3,(H,18,19,20). The van der Waals surface area contributed by atoms with E-state index in [9.17, 15) is 8.78 Å². The molecule has 0 amide bonds. The van der Waals surface area contributed by atoms with Crippen molar-refractivity contribution < 1.29 is 8.78 Å². The van der Waals surface area contributed by atoms with Crippen LogP contribution in [0.25, 0.3) is 0 Å². The van der Waals surface area contributed by atoms with Gasteiger partial charge < -0.3 is 5.32 Å². The van der Waals surface area contributed by atoms with Crippen LogP contribution in [0, 0.1) is 18.6 Å². The summed E-state index contributed by atoms with van der Waals surface area (Å²) in [5, 5.41) is 3.11. The van der Waals surface area contributed by atoms with E-state index in [-0.39, 0.29) is 6.42 Å². The largest absolute Gasteiger partial charge is 0.369 e. The number of rotatable bonds is 4. The Kier molecular flexibility index (Phi) is 4.65. The zero-order valence-electron chi connectivity index (χ0n) is 11.2. The van der Waals surface area contributed by atoms with E-state index in [4.69, 9.17) is 0 Å². The number of aryl methyl sites for hydroxylation is 1. The van der Waals surface area contributed by atoms with Gasteiger partial charge in [-0.2, -0.15) is 0 Å². The van der Waals surface area contributed by atoms with Crippen molar-refractivity contribution in [3.63, 3.8) is 0 Å². The normalized spacial score (nSPS) is 10.7. The van der Waals surface area contributed by atoms with Crippen molar-refractivity contribution in [3.8, 4) is 0 Å². The SMILES string of the molecule is CCNc1nc(Cc2ccc(F)cc2F)nc(C)c1Br. The highest BCUT2D eigenvalue weighted by Gasteiger charge is 2.11. The average Bonchev–Trinajstić information content (AvgIpc) is 2.39. The lowest BCUT2D eigenvalue weighted by molar-refractivity contribution is 0.573. The molecule has 0 aliphatic carbocycles. The van der Waals surface area contributed by atoms with Gasteiger partial charge in [-0.1, -0.05) is 6.07 Å². The topological polar surface area (TPSA) is 37.8 Å². The van der Waals surface area contributed by atoms with Crippen LogP contribution in [0.3, 0.4) is 0 Å². The van der Waals surface area contributed by atoms with Gasteiger partial charge in [-0.25, -0.2) is 18.7 Å². The zero-order chi connectivity index (χ0) is 14.7. The fourth-order valence-electron chi connectivity index (χ4n) is 1.82. The highest BCUT2D eigenvalue weighted by molar-refractivity contribution is 9.10. The first-order valence-electron chi connectivity index (χ1n) is 6.22. The summed E-state index contributed by atoms with van der Waals surface area (Å²) in [5.74, 6) is -0.00338. The monoisotopic (exact) mass is 341 g/mol. The molecule has 1 N–H and O–H groups in total. The minimum Gasteiger partial charge on any atom is -0.369 e. The Bertz CT molecular complexity index is 632. The summed E-state index contributed by atoms with van der Waals surface area (Å²) >= 11 is 3.41. The third kappa shape index (κ3) is 3.30. The molecule has 1 heterocycles. The van der Waals surface area contributed by atoms with Crippen molar-refractivity contribution in [3.05, 3.63) is 51.4 Å². The third-order valence-electron chi connectivity index (χ3n) is 2.77. The van der Waals surface area contributed by atoms with Crippen LogP contribution in [-0.2, 0) is 6.42 Å². The van der Waals surface area contributed by atoms with Crippen molar-refractivity contribution in [2.24, 2.45) is 0 Å². The Morgan fingerprint density at radius 2 is 2.00 bits per heavy atom. The van der Waals surface area contributed by atoms with Crippen LogP contribution in [0.2, 0.25) is 0 Å². The molecule has 1 aromatic heterocycles. The summed E-state index contributed by atoms with van der Waals surface area (Å²) < 4.78 is 27.3. The maximum atomic E-state index is 13.6.